The molecule has 94 valence electrons. The fourth-order valence-electron chi connectivity index (χ4n) is 1.60. The summed E-state index contributed by atoms with van der Waals surface area (Å²) >= 11 is 1.70. The molecule has 0 aliphatic heterocycles. The lowest BCUT2D eigenvalue weighted by Gasteiger charge is -2.10. The van der Waals surface area contributed by atoms with Crippen molar-refractivity contribution < 1.29 is 4.74 Å². The fraction of sp³-hybridized carbons (Fsp3) is 0.214. The molecule has 1 aromatic carbocycles. The summed E-state index contributed by atoms with van der Waals surface area (Å²) in [6.07, 6.45) is 3.43. The molecule has 0 saturated heterocycles. The van der Waals surface area contributed by atoms with Gasteiger partial charge in [0.1, 0.15) is 5.75 Å². The Bertz CT molecular complexity index is 517. The summed E-state index contributed by atoms with van der Waals surface area (Å²) in [5.41, 5.74) is 7.77. The van der Waals surface area contributed by atoms with E-state index in [4.69, 9.17) is 10.5 Å². The molecule has 1 aromatic heterocycles. The van der Waals surface area contributed by atoms with Crippen LogP contribution in [0.5, 0.6) is 5.75 Å². The third-order valence-corrected chi connectivity index (χ3v) is 3.60. The van der Waals surface area contributed by atoms with Crippen LogP contribution in [0.2, 0.25) is 0 Å². The van der Waals surface area contributed by atoms with Gasteiger partial charge < -0.3 is 10.5 Å². The van der Waals surface area contributed by atoms with Gasteiger partial charge in [0.05, 0.1) is 18.5 Å². The smallest absolute Gasteiger partial charge is 0.123 e. The molecular formula is C14H16N2OS. The quantitative estimate of drug-likeness (QED) is 0.837. The van der Waals surface area contributed by atoms with Crippen molar-refractivity contribution in [1.82, 2.24) is 4.98 Å². The van der Waals surface area contributed by atoms with Gasteiger partial charge in [0, 0.05) is 22.4 Å². The second kappa shape index (κ2) is 6.31. The van der Waals surface area contributed by atoms with E-state index < -0.39 is 0 Å². The first-order valence-electron chi connectivity index (χ1n) is 5.84. The second-order valence-electron chi connectivity index (χ2n) is 3.74. The van der Waals surface area contributed by atoms with Crippen molar-refractivity contribution in [3.63, 3.8) is 0 Å². The molecule has 0 unspecified atom stereocenters. The van der Waals surface area contributed by atoms with Gasteiger partial charge in [0.15, 0.2) is 0 Å². The molecule has 2 aromatic rings. The highest BCUT2D eigenvalue weighted by atomic mass is 32.2. The molecule has 0 spiro atoms. The molecule has 3 nitrogen and oxygen atoms in total. The van der Waals surface area contributed by atoms with E-state index in [9.17, 15) is 0 Å². The summed E-state index contributed by atoms with van der Waals surface area (Å²) in [6.45, 7) is 2.67. The first kappa shape index (κ1) is 12.8. The molecular weight excluding hydrogens is 244 g/mol. The zero-order valence-electron chi connectivity index (χ0n) is 10.3. The second-order valence-corrected chi connectivity index (χ2v) is 4.76. The van der Waals surface area contributed by atoms with Crippen LogP contribution in [-0.4, -0.2) is 11.6 Å². The maximum absolute atomic E-state index is 5.87. The lowest BCUT2D eigenvalue weighted by molar-refractivity contribution is 0.337. The van der Waals surface area contributed by atoms with Crippen molar-refractivity contribution in [2.75, 3.05) is 12.3 Å². The van der Waals surface area contributed by atoms with Gasteiger partial charge in [-0.15, -0.1) is 11.8 Å². The lowest BCUT2D eigenvalue weighted by Crippen LogP contribution is -1.96. The number of hydrogen-bond acceptors (Lipinski definition) is 4. The molecule has 0 atom stereocenters. The number of thioether (sulfide) groups is 1. The van der Waals surface area contributed by atoms with Crippen molar-refractivity contribution in [3.05, 3.63) is 48.3 Å². The van der Waals surface area contributed by atoms with Crippen molar-refractivity contribution >= 4 is 17.4 Å². The van der Waals surface area contributed by atoms with Crippen molar-refractivity contribution in [2.24, 2.45) is 0 Å². The van der Waals surface area contributed by atoms with Gasteiger partial charge in [0.25, 0.3) is 0 Å². The molecule has 0 bridgehead atoms. The third-order valence-electron chi connectivity index (χ3n) is 2.47. The molecule has 4 heteroatoms. The Balaban J connectivity index is 2.08. The summed E-state index contributed by atoms with van der Waals surface area (Å²) in [5, 5.41) is 0. The molecule has 0 fully saturated rings. The largest absolute Gasteiger partial charge is 0.494 e. The first-order valence-corrected chi connectivity index (χ1v) is 6.82. The Hall–Kier alpha value is -1.68. The fourth-order valence-corrected chi connectivity index (χ4v) is 2.53. The molecule has 18 heavy (non-hydrogen) atoms. The first-order chi connectivity index (χ1) is 8.81. The minimum absolute atomic E-state index is 0.680. The number of hydrogen-bond donors (Lipinski definition) is 1. The highest BCUT2D eigenvalue weighted by molar-refractivity contribution is 7.98. The Kier molecular flexibility index (Phi) is 4.47. The Morgan fingerprint density at radius 2 is 2.11 bits per heavy atom. The predicted octanol–water partition coefficient (Wildman–Crippen LogP) is 3.35. The van der Waals surface area contributed by atoms with Crippen LogP contribution >= 0.6 is 11.8 Å². The van der Waals surface area contributed by atoms with E-state index in [0.717, 1.165) is 22.1 Å². The highest BCUT2D eigenvalue weighted by Crippen LogP contribution is 2.30. The van der Waals surface area contributed by atoms with Crippen molar-refractivity contribution in [3.8, 4) is 5.75 Å². The van der Waals surface area contributed by atoms with Crippen LogP contribution in [0, 0.1) is 0 Å². The van der Waals surface area contributed by atoms with E-state index in [0.29, 0.717) is 6.61 Å². The minimum Gasteiger partial charge on any atom is -0.494 e. The monoisotopic (exact) mass is 260 g/mol. The number of nitrogen functional groups attached to an aromatic ring is 1. The van der Waals surface area contributed by atoms with Gasteiger partial charge >= 0.3 is 0 Å². The Labute approximate surface area is 111 Å². The van der Waals surface area contributed by atoms with Gasteiger partial charge in [-0.2, -0.15) is 0 Å². The number of nitrogens with zero attached hydrogens (tertiary/aromatic N) is 1. The van der Waals surface area contributed by atoms with Crippen LogP contribution in [0.15, 0.2) is 47.6 Å². The molecule has 0 amide bonds. The average molecular weight is 260 g/mol. The van der Waals surface area contributed by atoms with Crippen LogP contribution < -0.4 is 10.5 Å². The van der Waals surface area contributed by atoms with Crippen LogP contribution in [-0.2, 0) is 5.75 Å². The van der Waals surface area contributed by atoms with Gasteiger partial charge in [0.2, 0.25) is 0 Å². The number of aromatic nitrogens is 1. The minimum atomic E-state index is 0.680. The normalized spacial score (nSPS) is 10.3. The number of para-hydroxylation sites is 1. The van der Waals surface area contributed by atoms with Gasteiger partial charge in [-0.25, -0.2) is 0 Å². The number of rotatable bonds is 5. The van der Waals surface area contributed by atoms with E-state index in [1.54, 1.807) is 24.2 Å². The lowest BCUT2D eigenvalue weighted by atomic mass is 10.2. The summed E-state index contributed by atoms with van der Waals surface area (Å²) < 4.78 is 5.60. The maximum Gasteiger partial charge on any atom is 0.123 e. The summed E-state index contributed by atoms with van der Waals surface area (Å²) in [6, 6.07) is 10.0. The standard InChI is InChI=1S/C14H16N2OS/c1-2-17-13-6-4-3-5-11(13)10-18-14-7-8-16-9-12(14)15/h3-9H,2,10,15H2,1H3. The Morgan fingerprint density at radius 1 is 1.28 bits per heavy atom. The number of pyridine rings is 1. The van der Waals surface area contributed by atoms with Crippen molar-refractivity contribution in [2.45, 2.75) is 17.6 Å². The van der Waals surface area contributed by atoms with E-state index in [1.807, 2.05) is 31.2 Å². The molecule has 0 radical (unpaired) electrons. The number of ether oxygens (including phenoxy) is 1. The third kappa shape index (κ3) is 3.17. The van der Waals surface area contributed by atoms with E-state index in [2.05, 4.69) is 11.1 Å². The number of nitrogens with two attached hydrogens (primary N) is 1. The SMILES string of the molecule is CCOc1ccccc1CSc1ccncc1N. The van der Waals surface area contributed by atoms with Crippen LogP contribution in [0.4, 0.5) is 5.69 Å². The molecule has 2 rings (SSSR count). The van der Waals surface area contributed by atoms with Crippen LogP contribution in [0.3, 0.4) is 0 Å². The molecule has 0 aliphatic rings. The number of anilines is 1. The Morgan fingerprint density at radius 3 is 2.89 bits per heavy atom. The highest BCUT2D eigenvalue weighted by Gasteiger charge is 2.05. The summed E-state index contributed by atoms with van der Waals surface area (Å²) in [7, 11) is 0. The maximum atomic E-state index is 5.87. The molecule has 0 aliphatic carbocycles. The average Bonchev–Trinajstić information content (AvgIpc) is 2.40. The van der Waals surface area contributed by atoms with Crippen molar-refractivity contribution in [1.29, 1.82) is 0 Å². The zero-order chi connectivity index (χ0) is 12.8. The van der Waals surface area contributed by atoms with E-state index >= 15 is 0 Å². The van der Waals surface area contributed by atoms with Gasteiger partial charge in [-0.3, -0.25) is 4.98 Å². The zero-order valence-corrected chi connectivity index (χ0v) is 11.1. The van der Waals surface area contributed by atoms with Crippen LogP contribution in [0.1, 0.15) is 12.5 Å². The molecule has 2 N–H and O–H groups in total. The van der Waals surface area contributed by atoms with E-state index in [-0.39, 0.29) is 0 Å². The van der Waals surface area contributed by atoms with Crippen LogP contribution in [0.25, 0.3) is 0 Å². The molecule has 1 heterocycles. The van der Waals surface area contributed by atoms with E-state index in [1.165, 1.54) is 5.56 Å². The van der Waals surface area contributed by atoms with Gasteiger partial charge in [-0.1, -0.05) is 18.2 Å². The topological polar surface area (TPSA) is 48.1 Å². The molecule has 0 saturated carbocycles. The summed E-state index contributed by atoms with van der Waals surface area (Å²) in [5.74, 6) is 1.78. The number of benzene rings is 1. The summed E-state index contributed by atoms with van der Waals surface area (Å²) in [4.78, 5) is 5.04. The predicted molar refractivity (Wildman–Crippen MR) is 75.8 cm³/mol. The van der Waals surface area contributed by atoms with Gasteiger partial charge in [-0.05, 0) is 19.1 Å².